The fourth-order valence-electron chi connectivity index (χ4n) is 3.62. The van der Waals surface area contributed by atoms with Gasteiger partial charge in [-0.25, -0.2) is 9.48 Å². The summed E-state index contributed by atoms with van der Waals surface area (Å²) in [5, 5.41) is 17.5. The van der Waals surface area contributed by atoms with Crippen molar-refractivity contribution in [3.8, 4) is 11.5 Å². The van der Waals surface area contributed by atoms with Crippen LogP contribution in [0.3, 0.4) is 0 Å². The molecule has 0 fully saturated rings. The minimum atomic E-state index is -0.567. The SMILES string of the molecule is CCOc1cc(C2C(C(=O)OCCc3ccccc3)=C(C)Nc3ncnn32)ccc1O. The van der Waals surface area contributed by atoms with Crippen molar-refractivity contribution in [3.05, 3.63) is 77.3 Å². The summed E-state index contributed by atoms with van der Waals surface area (Å²) in [6.07, 6.45) is 2.05. The molecule has 0 bridgehead atoms. The Balaban J connectivity index is 1.63. The van der Waals surface area contributed by atoms with Crippen LogP contribution in [-0.2, 0) is 16.0 Å². The van der Waals surface area contributed by atoms with E-state index in [9.17, 15) is 9.90 Å². The Hall–Kier alpha value is -3.81. The molecule has 31 heavy (non-hydrogen) atoms. The maximum absolute atomic E-state index is 13.1. The van der Waals surface area contributed by atoms with Gasteiger partial charge in [-0.15, -0.1) is 0 Å². The van der Waals surface area contributed by atoms with Crippen LogP contribution in [0.1, 0.15) is 31.0 Å². The molecule has 2 aromatic carbocycles. The van der Waals surface area contributed by atoms with Crippen LogP contribution in [0.15, 0.2) is 66.1 Å². The Labute approximate surface area is 180 Å². The molecule has 0 spiro atoms. The van der Waals surface area contributed by atoms with E-state index in [0.29, 0.717) is 36.0 Å². The number of aromatic nitrogens is 3. The lowest BCUT2D eigenvalue weighted by atomic mass is 9.95. The summed E-state index contributed by atoms with van der Waals surface area (Å²) < 4.78 is 12.8. The van der Waals surface area contributed by atoms with Gasteiger partial charge in [-0.2, -0.15) is 10.1 Å². The highest BCUT2D eigenvalue weighted by molar-refractivity contribution is 5.92. The molecule has 0 aliphatic carbocycles. The number of carbonyl (C=O) groups excluding carboxylic acids is 1. The Morgan fingerprint density at radius 3 is 2.81 bits per heavy atom. The van der Waals surface area contributed by atoms with Gasteiger partial charge in [0.15, 0.2) is 11.5 Å². The van der Waals surface area contributed by atoms with E-state index in [0.717, 1.165) is 11.1 Å². The summed E-state index contributed by atoms with van der Waals surface area (Å²) in [4.78, 5) is 17.4. The second-order valence-corrected chi connectivity index (χ2v) is 7.13. The number of aromatic hydroxyl groups is 1. The number of hydrogen-bond donors (Lipinski definition) is 2. The monoisotopic (exact) mass is 420 g/mol. The van der Waals surface area contributed by atoms with Gasteiger partial charge in [-0.05, 0) is 37.1 Å². The lowest BCUT2D eigenvalue weighted by molar-refractivity contribution is -0.139. The topological polar surface area (TPSA) is 98.5 Å². The van der Waals surface area contributed by atoms with E-state index in [2.05, 4.69) is 15.4 Å². The molecule has 2 N–H and O–H groups in total. The van der Waals surface area contributed by atoms with Gasteiger partial charge in [0, 0.05) is 12.1 Å². The molecule has 1 aromatic heterocycles. The van der Waals surface area contributed by atoms with Gasteiger partial charge in [-0.1, -0.05) is 36.4 Å². The van der Waals surface area contributed by atoms with Crippen LogP contribution in [0.5, 0.6) is 11.5 Å². The van der Waals surface area contributed by atoms with E-state index in [-0.39, 0.29) is 12.4 Å². The first-order chi connectivity index (χ1) is 15.1. The molecule has 1 aliphatic rings. The van der Waals surface area contributed by atoms with E-state index in [1.54, 1.807) is 22.9 Å². The van der Waals surface area contributed by atoms with Gasteiger partial charge < -0.3 is 19.9 Å². The van der Waals surface area contributed by atoms with Gasteiger partial charge in [0.2, 0.25) is 5.95 Å². The van der Waals surface area contributed by atoms with Crippen LogP contribution in [-0.4, -0.2) is 39.1 Å². The van der Waals surface area contributed by atoms with Crippen molar-refractivity contribution in [2.24, 2.45) is 0 Å². The number of hydrogen-bond acceptors (Lipinski definition) is 7. The number of ether oxygens (including phenoxy) is 2. The third-order valence-electron chi connectivity index (χ3n) is 5.08. The van der Waals surface area contributed by atoms with Crippen molar-refractivity contribution in [1.82, 2.24) is 14.8 Å². The first-order valence-corrected chi connectivity index (χ1v) is 10.1. The predicted octanol–water partition coefficient (Wildman–Crippen LogP) is 3.46. The predicted molar refractivity (Wildman–Crippen MR) is 115 cm³/mol. The summed E-state index contributed by atoms with van der Waals surface area (Å²) in [6, 6.07) is 14.3. The highest BCUT2D eigenvalue weighted by Crippen LogP contribution is 2.38. The van der Waals surface area contributed by atoms with Crippen molar-refractivity contribution in [3.63, 3.8) is 0 Å². The Morgan fingerprint density at radius 2 is 2.03 bits per heavy atom. The molecular weight excluding hydrogens is 396 g/mol. The molecule has 0 saturated carbocycles. The van der Waals surface area contributed by atoms with Gasteiger partial charge in [0.25, 0.3) is 0 Å². The molecule has 0 radical (unpaired) electrons. The van der Waals surface area contributed by atoms with Crippen molar-refractivity contribution in [2.45, 2.75) is 26.3 Å². The van der Waals surface area contributed by atoms with Crippen molar-refractivity contribution in [1.29, 1.82) is 0 Å². The van der Waals surface area contributed by atoms with E-state index in [4.69, 9.17) is 9.47 Å². The number of anilines is 1. The fourth-order valence-corrected chi connectivity index (χ4v) is 3.62. The highest BCUT2D eigenvalue weighted by atomic mass is 16.5. The van der Waals surface area contributed by atoms with Crippen LogP contribution in [0, 0.1) is 0 Å². The maximum atomic E-state index is 13.1. The molecule has 0 saturated heterocycles. The first kappa shape index (κ1) is 20.5. The smallest absolute Gasteiger partial charge is 0.338 e. The van der Waals surface area contributed by atoms with Gasteiger partial charge >= 0.3 is 5.97 Å². The Kier molecular flexibility index (Phi) is 5.88. The molecule has 8 nitrogen and oxygen atoms in total. The van der Waals surface area contributed by atoms with Gasteiger partial charge in [0.05, 0.1) is 18.8 Å². The second kappa shape index (κ2) is 8.91. The minimum Gasteiger partial charge on any atom is -0.504 e. The Bertz CT molecular complexity index is 1110. The Morgan fingerprint density at radius 1 is 1.23 bits per heavy atom. The van der Waals surface area contributed by atoms with E-state index >= 15 is 0 Å². The summed E-state index contributed by atoms with van der Waals surface area (Å²) in [6.45, 7) is 4.31. The van der Waals surface area contributed by atoms with Crippen molar-refractivity contribution in [2.75, 3.05) is 18.5 Å². The summed E-state index contributed by atoms with van der Waals surface area (Å²) in [5.74, 6) is 0.466. The number of rotatable bonds is 7. The fraction of sp³-hybridized carbons (Fsp3) is 0.261. The first-order valence-electron chi connectivity index (χ1n) is 10.1. The number of fused-ring (bicyclic) bond motifs is 1. The highest BCUT2D eigenvalue weighted by Gasteiger charge is 2.34. The lowest BCUT2D eigenvalue weighted by Gasteiger charge is -2.28. The molecule has 1 unspecified atom stereocenters. The molecular formula is C23H24N4O4. The molecule has 1 aliphatic heterocycles. The minimum absolute atomic E-state index is 0.0334. The zero-order chi connectivity index (χ0) is 21.8. The van der Waals surface area contributed by atoms with Crippen molar-refractivity contribution >= 4 is 11.9 Å². The standard InChI is InChI=1S/C23H24N4O4/c1-3-30-19-13-17(9-10-18(19)28)21-20(15(2)26-23-24-14-25-27(21)23)22(29)31-12-11-16-7-5-4-6-8-16/h4-10,13-14,21,28H,3,11-12H2,1-2H3,(H,24,25,26). The quantitative estimate of drug-likeness (QED) is 0.565. The molecule has 0 amide bonds. The molecule has 4 rings (SSSR count). The molecule has 8 heteroatoms. The average Bonchev–Trinajstić information content (AvgIpc) is 3.23. The number of esters is 1. The molecule has 160 valence electrons. The third-order valence-corrected chi connectivity index (χ3v) is 5.08. The van der Waals surface area contributed by atoms with Gasteiger partial charge in [-0.3, -0.25) is 0 Å². The number of phenols is 1. The summed E-state index contributed by atoms with van der Waals surface area (Å²) in [7, 11) is 0. The number of nitrogens with one attached hydrogen (secondary N) is 1. The maximum Gasteiger partial charge on any atom is 0.338 e. The van der Waals surface area contributed by atoms with Crippen LogP contribution < -0.4 is 10.1 Å². The number of carbonyl (C=O) groups is 1. The number of phenolic OH excluding ortho intramolecular Hbond substituents is 1. The van der Waals surface area contributed by atoms with Gasteiger partial charge in [0.1, 0.15) is 12.4 Å². The largest absolute Gasteiger partial charge is 0.504 e. The number of benzene rings is 2. The molecule has 3 aromatic rings. The van der Waals surface area contributed by atoms with Crippen LogP contribution >= 0.6 is 0 Å². The number of nitrogens with zero attached hydrogens (tertiary/aromatic N) is 3. The van der Waals surface area contributed by atoms with E-state index in [1.165, 1.54) is 6.33 Å². The molecule has 1 atom stereocenters. The van der Waals surface area contributed by atoms with E-state index < -0.39 is 12.0 Å². The zero-order valence-electron chi connectivity index (χ0n) is 17.4. The van der Waals surface area contributed by atoms with E-state index in [1.807, 2.05) is 44.2 Å². The lowest BCUT2D eigenvalue weighted by Crippen LogP contribution is -2.30. The third kappa shape index (κ3) is 4.23. The van der Waals surface area contributed by atoms with Crippen LogP contribution in [0.4, 0.5) is 5.95 Å². The molecule has 2 heterocycles. The zero-order valence-corrected chi connectivity index (χ0v) is 17.4. The number of allylic oxidation sites excluding steroid dienone is 1. The summed E-state index contributed by atoms with van der Waals surface area (Å²) >= 11 is 0. The summed E-state index contributed by atoms with van der Waals surface area (Å²) in [5.41, 5.74) is 2.89. The second-order valence-electron chi connectivity index (χ2n) is 7.13. The van der Waals surface area contributed by atoms with Crippen LogP contribution in [0.25, 0.3) is 0 Å². The average molecular weight is 420 g/mol. The van der Waals surface area contributed by atoms with Crippen molar-refractivity contribution < 1.29 is 19.4 Å². The normalized spacial score (nSPS) is 15.2. The van der Waals surface area contributed by atoms with Crippen LogP contribution in [0.2, 0.25) is 0 Å².